The van der Waals surface area contributed by atoms with E-state index in [-0.39, 0.29) is 5.95 Å². The molecular weight excluding hydrogens is 240 g/mol. The minimum Gasteiger partial charge on any atom is -0.368 e. The van der Waals surface area contributed by atoms with E-state index in [1.165, 1.54) is 0 Å². The van der Waals surface area contributed by atoms with E-state index in [9.17, 15) is 4.21 Å². The van der Waals surface area contributed by atoms with E-state index >= 15 is 0 Å². The van der Waals surface area contributed by atoms with Gasteiger partial charge in [-0.05, 0) is 0 Å². The molecule has 1 fully saturated rings. The Bertz CT molecular complexity index is 572. The molecule has 2 aromatic heterocycles. The van der Waals surface area contributed by atoms with E-state index in [4.69, 9.17) is 5.73 Å². The number of aromatic nitrogens is 4. The Hall–Kier alpha value is -1.70. The molecule has 2 aromatic rings. The number of fused-ring (bicyclic) bond motifs is 1. The number of nitrogens with two attached hydrogens (primary N) is 1. The van der Waals surface area contributed by atoms with Crippen LogP contribution in [-0.4, -0.2) is 48.7 Å². The lowest BCUT2D eigenvalue weighted by atomic mass is 10.4. The SMILES string of the molecule is Nc1nc(N2CCS(=O)CC2)c2[nH]cnc2n1. The number of rotatable bonds is 1. The summed E-state index contributed by atoms with van der Waals surface area (Å²) in [6, 6.07) is 0. The van der Waals surface area contributed by atoms with Crippen LogP contribution in [0.15, 0.2) is 6.33 Å². The number of anilines is 2. The van der Waals surface area contributed by atoms with Crippen molar-refractivity contribution in [1.29, 1.82) is 0 Å². The Balaban J connectivity index is 2.04. The third kappa shape index (κ3) is 1.84. The van der Waals surface area contributed by atoms with Gasteiger partial charge in [-0.25, -0.2) is 4.98 Å². The van der Waals surface area contributed by atoms with Crippen molar-refractivity contribution in [2.45, 2.75) is 0 Å². The lowest BCUT2D eigenvalue weighted by molar-refractivity contribution is 0.672. The van der Waals surface area contributed by atoms with Gasteiger partial charge in [0.15, 0.2) is 11.5 Å². The first-order chi connectivity index (χ1) is 8.24. The average Bonchev–Trinajstić information content (AvgIpc) is 2.77. The minimum absolute atomic E-state index is 0.214. The highest BCUT2D eigenvalue weighted by Gasteiger charge is 2.20. The first-order valence-corrected chi connectivity index (χ1v) is 6.79. The summed E-state index contributed by atoms with van der Waals surface area (Å²) >= 11 is 0. The van der Waals surface area contributed by atoms with Gasteiger partial charge < -0.3 is 15.6 Å². The Morgan fingerprint density at radius 3 is 2.88 bits per heavy atom. The zero-order valence-corrected chi connectivity index (χ0v) is 9.90. The summed E-state index contributed by atoms with van der Waals surface area (Å²) in [7, 11) is -0.706. The Morgan fingerprint density at radius 2 is 2.12 bits per heavy atom. The van der Waals surface area contributed by atoms with Gasteiger partial charge in [-0.2, -0.15) is 9.97 Å². The van der Waals surface area contributed by atoms with Crippen LogP contribution in [0.5, 0.6) is 0 Å². The van der Waals surface area contributed by atoms with Gasteiger partial charge in [-0.15, -0.1) is 0 Å². The molecule has 17 heavy (non-hydrogen) atoms. The van der Waals surface area contributed by atoms with Gasteiger partial charge in [0.2, 0.25) is 5.95 Å². The average molecular weight is 252 g/mol. The van der Waals surface area contributed by atoms with Gasteiger partial charge >= 0.3 is 0 Å². The van der Waals surface area contributed by atoms with Crippen LogP contribution < -0.4 is 10.6 Å². The van der Waals surface area contributed by atoms with Crippen LogP contribution >= 0.6 is 0 Å². The maximum absolute atomic E-state index is 11.3. The van der Waals surface area contributed by atoms with Crippen molar-refractivity contribution in [3.8, 4) is 0 Å². The third-order valence-corrected chi connectivity index (χ3v) is 4.04. The highest BCUT2D eigenvalue weighted by molar-refractivity contribution is 7.85. The molecule has 3 N–H and O–H groups in total. The molecule has 0 atom stereocenters. The van der Waals surface area contributed by atoms with E-state index in [1.807, 2.05) is 0 Å². The van der Waals surface area contributed by atoms with Gasteiger partial charge in [-0.1, -0.05) is 0 Å². The summed E-state index contributed by atoms with van der Waals surface area (Å²) in [5.74, 6) is 2.30. The smallest absolute Gasteiger partial charge is 0.224 e. The summed E-state index contributed by atoms with van der Waals surface area (Å²) in [6.45, 7) is 1.44. The zero-order chi connectivity index (χ0) is 11.8. The number of hydrogen-bond donors (Lipinski definition) is 2. The maximum atomic E-state index is 11.3. The topological polar surface area (TPSA) is 101 Å². The largest absolute Gasteiger partial charge is 0.368 e. The van der Waals surface area contributed by atoms with Crippen molar-refractivity contribution >= 4 is 33.7 Å². The van der Waals surface area contributed by atoms with E-state index in [1.54, 1.807) is 6.33 Å². The van der Waals surface area contributed by atoms with Crippen LogP contribution in [0.4, 0.5) is 11.8 Å². The molecule has 1 aliphatic rings. The van der Waals surface area contributed by atoms with Crippen molar-refractivity contribution in [2.24, 2.45) is 0 Å². The molecule has 0 aliphatic carbocycles. The number of nitrogens with one attached hydrogen (secondary N) is 1. The number of aromatic amines is 1. The first kappa shape index (κ1) is 10.5. The molecule has 90 valence electrons. The standard InChI is InChI=1S/C9H12N6OS/c10-9-13-7-6(11-5-12-7)8(14-9)15-1-3-17(16)4-2-15/h5H,1-4H2,(H3,10,11,12,13,14). The van der Waals surface area contributed by atoms with Crippen LogP contribution in [0, 0.1) is 0 Å². The second-order valence-corrected chi connectivity index (χ2v) is 5.54. The minimum atomic E-state index is -0.706. The van der Waals surface area contributed by atoms with Gasteiger partial charge in [0.05, 0.1) is 6.33 Å². The van der Waals surface area contributed by atoms with Crippen molar-refractivity contribution < 1.29 is 4.21 Å². The molecule has 3 rings (SSSR count). The predicted octanol–water partition coefficient (Wildman–Crippen LogP) is -0.496. The van der Waals surface area contributed by atoms with Crippen molar-refractivity contribution in [3.63, 3.8) is 0 Å². The van der Waals surface area contributed by atoms with Crippen LogP contribution in [-0.2, 0) is 10.8 Å². The Morgan fingerprint density at radius 1 is 1.35 bits per heavy atom. The van der Waals surface area contributed by atoms with E-state index < -0.39 is 10.8 Å². The number of hydrogen-bond acceptors (Lipinski definition) is 6. The predicted molar refractivity (Wildman–Crippen MR) is 66.2 cm³/mol. The van der Waals surface area contributed by atoms with Crippen LogP contribution in [0.2, 0.25) is 0 Å². The second-order valence-electron chi connectivity index (χ2n) is 3.84. The third-order valence-electron chi connectivity index (χ3n) is 2.76. The molecular formula is C9H12N6OS. The van der Waals surface area contributed by atoms with Crippen LogP contribution in [0.3, 0.4) is 0 Å². The second kappa shape index (κ2) is 3.95. The molecule has 0 radical (unpaired) electrons. The molecule has 3 heterocycles. The lowest BCUT2D eigenvalue weighted by Crippen LogP contribution is -2.38. The van der Waals surface area contributed by atoms with Crippen LogP contribution in [0.1, 0.15) is 0 Å². The fourth-order valence-electron chi connectivity index (χ4n) is 1.91. The molecule has 7 nitrogen and oxygen atoms in total. The quantitative estimate of drug-likeness (QED) is 0.710. The monoisotopic (exact) mass is 252 g/mol. The van der Waals surface area contributed by atoms with Gasteiger partial charge in [0.25, 0.3) is 0 Å². The number of imidazole rings is 1. The molecule has 8 heteroatoms. The highest BCUT2D eigenvalue weighted by Crippen LogP contribution is 2.22. The lowest BCUT2D eigenvalue weighted by Gasteiger charge is -2.27. The summed E-state index contributed by atoms with van der Waals surface area (Å²) < 4.78 is 11.3. The molecule has 0 spiro atoms. The number of nitrogens with zero attached hydrogens (tertiary/aromatic N) is 4. The Kier molecular flexibility index (Phi) is 2.43. The fourth-order valence-corrected chi connectivity index (χ4v) is 2.96. The van der Waals surface area contributed by atoms with E-state index in [2.05, 4.69) is 24.8 Å². The number of nitrogen functional groups attached to an aromatic ring is 1. The molecule has 0 aromatic carbocycles. The van der Waals surface area contributed by atoms with Crippen molar-refractivity contribution in [1.82, 2.24) is 19.9 Å². The molecule has 1 saturated heterocycles. The molecule has 0 bridgehead atoms. The molecule has 1 aliphatic heterocycles. The molecule has 0 unspecified atom stereocenters. The van der Waals surface area contributed by atoms with Gasteiger partial charge in [0, 0.05) is 35.4 Å². The summed E-state index contributed by atoms with van der Waals surface area (Å²) in [6.07, 6.45) is 1.57. The van der Waals surface area contributed by atoms with Crippen molar-refractivity contribution in [2.75, 3.05) is 35.2 Å². The maximum Gasteiger partial charge on any atom is 0.224 e. The first-order valence-electron chi connectivity index (χ1n) is 5.30. The zero-order valence-electron chi connectivity index (χ0n) is 9.09. The van der Waals surface area contributed by atoms with Gasteiger partial charge in [0.1, 0.15) is 5.52 Å². The Labute approximate surface area is 99.9 Å². The normalized spacial score (nSPS) is 17.8. The van der Waals surface area contributed by atoms with Gasteiger partial charge in [-0.3, -0.25) is 4.21 Å². The summed E-state index contributed by atoms with van der Waals surface area (Å²) in [5.41, 5.74) is 7.01. The van der Waals surface area contributed by atoms with E-state index in [0.29, 0.717) is 17.2 Å². The van der Waals surface area contributed by atoms with Crippen molar-refractivity contribution in [3.05, 3.63) is 6.33 Å². The summed E-state index contributed by atoms with van der Waals surface area (Å²) in [5, 5.41) is 0. The molecule has 0 saturated carbocycles. The van der Waals surface area contributed by atoms with E-state index in [0.717, 1.165) is 24.4 Å². The molecule has 0 amide bonds. The van der Waals surface area contributed by atoms with Crippen LogP contribution in [0.25, 0.3) is 11.2 Å². The highest BCUT2D eigenvalue weighted by atomic mass is 32.2. The number of H-pyrrole nitrogens is 1. The fraction of sp³-hybridized carbons (Fsp3) is 0.444. The summed E-state index contributed by atoms with van der Waals surface area (Å²) in [4.78, 5) is 17.4.